The Bertz CT molecular complexity index is 969. The smallest absolute Gasteiger partial charge is 0.232 e. The SMILES string of the molecule is CN1C(=O)C[C@@H](C(=O)Nc2cncnc2-n2cccn2)c2ccccc21. The Kier molecular flexibility index (Phi) is 3.92. The Morgan fingerprint density at radius 3 is 2.92 bits per heavy atom. The number of carbonyl (C=O) groups is 2. The van der Waals surface area contributed by atoms with Crippen molar-refractivity contribution in [2.45, 2.75) is 12.3 Å². The first-order valence-electron chi connectivity index (χ1n) is 8.11. The van der Waals surface area contributed by atoms with Gasteiger partial charge in [-0.1, -0.05) is 18.2 Å². The van der Waals surface area contributed by atoms with E-state index in [2.05, 4.69) is 20.4 Å². The molecule has 8 nitrogen and oxygen atoms in total. The lowest BCUT2D eigenvalue weighted by molar-refractivity contribution is -0.124. The van der Waals surface area contributed by atoms with E-state index in [1.54, 1.807) is 35.1 Å². The number of nitrogens with zero attached hydrogens (tertiary/aromatic N) is 5. The average molecular weight is 348 g/mol. The summed E-state index contributed by atoms with van der Waals surface area (Å²) in [5.74, 6) is -0.478. The summed E-state index contributed by atoms with van der Waals surface area (Å²) in [6.07, 6.45) is 6.38. The molecular weight excluding hydrogens is 332 g/mol. The quantitative estimate of drug-likeness (QED) is 0.778. The van der Waals surface area contributed by atoms with E-state index in [1.165, 1.54) is 12.5 Å². The van der Waals surface area contributed by atoms with Gasteiger partial charge in [0, 0.05) is 31.5 Å². The molecule has 0 aliphatic carbocycles. The zero-order valence-corrected chi connectivity index (χ0v) is 14.0. The van der Waals surface area contributed by atoms with Gasteiger partial charge in [0.2, 0.25) is 11.8 Å². The van der Waals surface area contributed by atoms with Crippen LogP contribution in [0.25, 0.3) is 5.82 Å². The minimum absolute atomic E-state index is 0.0968. The molecule has 0 saturated carbocycles. The van der Waals surface area contributed by atoms with Crippen LogP contribution >= 0.6 is 0 Å². The fourth-order valence-electron chi connectivity index (χ4n) is 3.09. The highest BCUT2D eigenvalue weighted by atomic mass is 16.2. The van der Waals surface area contributed by atoms with Gasteiger partial charge in [0.1, 0.15) is 12.0 Å². The van der Waals surface area contributed by atoms with E-state index in [-0.39, 0.29) is 18.2 Å². The zero-order chi connectivity index (χ0) is 18.1. The molecule has 0 bridgehead atoms. The van der Waals surface area contributed by atoms with Crippen LogP contribution in [0.1, 0.15) is 17.9 Å². The summed E-state index contributed by atoms with van der Waals surface area (Å²) in [5.41, 5.74) is 2.01. The molecule has 1 aromatic carbocycles. The lowest BCUT2D eigenvalue weighted by Crippen LogP contribution is -2.37. The lowest BCUT2D eigenvalue weighted by Gasteiger charge is -2.30. The van der Waals surface area contributed by atoms with Gasteiger partial charge in [0.25, 0.3) is 0 Å². The summed E-state index contributed by atoms with van der Waals surface area (Å²) in [4.78, 5) is 35.0. The van der Waals surface area contributed by atoms with Crippen molar-refractivity contribution in [3.05, 3.63) is 60.8 Å². The van der Waals surface area contributed by atoms with Crippen molar-refractivity contribution in [3.63, 3.8) is 0 Å². The fourth-order valence-corrected chi connectivity index (χ4v) is 3.09. The minimum atomic E-state index is -0.569. The van der Waals surface area contributed by atoms with Gasteiger partial charge < -0.3 is 10.2 Å². The maximum Gasteiger partial charge on any atom is 0.232 e. The van der Waals surface area contributed by atoms with Gasteiger partial charge in [-0.05, 0) is 17.7 Å². The highest BCUT2D eigenvalue weighted by molar-refractivity contribution is 6.06. The van der Waals surface area contributed by atoms with E-state index in [9.17, 15) is 9.59 Å². The van der Waals surface area contributed by atoms with E-state index >= 15 is 0 Å². The normalized spacial score (nSPS) is 16.3. The molecule has 4 rings (SSSR count). The van der Waals surface area contributed by atoms with Crippen molar-refractivity contribution in [2.24, 2.45) is 0 Å². The Morgan fingerprint density at radius 1 is 1.27 bits per heavy atom. The van der Waals surface area contributed by atoms with Crippen molar-refractivity contribution >= 4 is 23.2 Å². The topological polar surface area (TPSA) is 93.0 Å². The molecule has 0 fully saturated rings. The van der Waals surface area contributed by atoms with Crippen LogP contribution in [0.15, 0.2) is 55.2 Å². The summed E-state index contributed by atoms with van der Waals surface area (Å²) >= 11 is 0. The maximum absolute atomic E-state index is 12.9. The number of aromatic nitrogens is 4. The summed E-state index contributed by atoms with van der Waals surface area (Å²) in [6, 6.07) is 9.19. The molecule has 0 unspecified atom stereocenters. The molecule has 0 saturated heterocycles. The molecule has 26 heavy (non-hydrogen) atoms. The second-order valence-electron chi connectivity index (χ2n) is 5.97. The molecular formula is C18H16N6O2. The van der Waals surface area contributed by atoms with Gasteiger partial charge in [-0.3, -0.25) is 9.59 Å². The number of para-hydroxylation sites is 1. The van der Waals surface area contributed by atoms with Crippen LogP contribution in [0.4, 0.5) is 11.4 Å². The van der Waals surface area contributed by atoms with E-state index in [0.29, 0.717) is 11.5 Å². The number of fused-ring (bicyclic) bond motifs is 1. The third-order valence-corrected chi connectivity index (χ3v) is 4.41. The van der Waals surface area contributed by atoms with Crippen LogP contribution in [0.3, 0.4) is 0 Å². The zero-order valence-electron chi connectivity index (χ0n) is 14.0. The van der Waals surface area contributed by atoms with Crippen LogP contribution in [0, 0.1) is 0 Å². The summed E-state index contributed by atoms with van der Waals surface area (Å²) in [5, 5.41) is 6.99. The number of hydrogen-bond donors (Lipinski definition) is 1. The van der Waals surface area contributed by atoms with Crippen molar-refractivity contribution in [1.29, 1.82) is 0 Å². The highest BCUT2D eigenvalue weighted by Gasteiger charge is 2.33. The number of nitrogens with one attached hydrogen (secondary N) is 1. The molecule has 2 amide bonds. The Labute approximate surface area is 149 Å². The van der Waals surface area contributed by atoms with Crippen LogP contribution in [0.5, 0.6) is 0 Å². The van der Waals surface area contributed by atoms with Crippen LogP contribution in [-0.2, 0) is 9.59 Å². The van der Waals surface area contributed by atoms with Crippen LogP contribution in [0.2, 0.25) is 0 Å². The molecule has 0 spiro atoms. The monoisotopic (exact) mass is 348 g/mol. The molecule has 1 N–H and O–H groups in total. The number of anilines is 2. The van der Waals surface area contributed by atoms with Gasteiger partial charge in [-0.25, -0.2) is 14.6 Å². The standard InChI is InChI=1S/C18H16N6O2/c1-23-15-6-3-2-5-12(15)13(9-16(23)25)18(26)22-14-10-19-11-20-17(14)24-8-4-7-21-24/h2-8,10-11,13H,9H2,1H3,(H,22,26)/t13-/m1/s1. The van der Waals surface area contributed by atoms with E-state index < -0.39 is 5.92 Å². The van der Waals surface area contributed by atoms with Crippen LogP contribution in [-0.4, -0.2) is 38.6 Å². The Morgan fingerprint density at radius 2 is 2.12 bits per heavy atom. The molecule has 8 heteroatoms. The first kappa shape index (κ1) is 15.9. The number of amides is 2. The predicted molar refractivity (Wildman–Crippen MR) is 95.0 cm³/mol. The molecule has 130 valence electrons. The fraction of sp³-hybridized carbons (Fsp3) is 0.167. The predicted octanol–water partition coefficient (Wildman–Crippen LogP) is 1.75. The van der Waals surface area contributed by atoms with Gasteiger partial charge in [-0.15, -0.1) is 0 Å². The molecule has 1 aliphatic rings. The third kappa shape index (κ3) is 2.71. The summed E-state index contributed by atoms with van der Waals surface area (Å²) in [7, 11) is 1.72. The van der Waals surface area contributed by atoms with Crippen molar-refractivity contribution < 1.29 is 9.59 Å². The number of carbonyl (C=O) groups excluding carboxylic acids is 2. The number of benzene rings is 1. The average Bonchev–Trinajstić information content (AvgIpc) is 3.19. The van der Waals surface area contributed by atoms with Crippen LogP contribution < -0.4 is 10.2 Å². The van der Waals surface area contributed by atoms with Gasteiger partial charge in [0.15, 0.2) is 5.82 Å². The molecule has 1 atom stereocenters. The largest absolute Gasteiger partial charge is 0.321 e. The number of rotatable bonds is 3. The van der Waals surface area contributed by atoms with Gasteiger partial charge in [0.05, 0.1) is 12.1 Å². The summed E-state index contributed by atoms with van der Waals surface area (Å²) in [6.45, 7) is 0. The molecule has 3 aromatic rings. The first-order valence-corrected chi connectivity index (χ1v) is 8.11. The first-order chi connectivity index (χ1) is 12.6. The summed E-state index contributed by atoms with van der Waals surface area (Å²) < 4.78 is 1.55. The Hall–Kier alpha value is -3.55. The third-order valence-electron chi connectivity index (χ3n) is 4.41. The molecule has 2 aromatic heterocycles. The molecule has 1 aliphatic heterocycles. The van der Waals surface area contributed by atoms with Crippen molar-refractivity contribution in [2.75, 3.05) is 17.3 Å². The molecule has 0 radical (unpaired) electrons. The van der Waals surface area contributed by atoms with E-state index in [1.807, 2.05) is 24.3 Å². The highest BCUT2D eigenvalue weighted by Crippen LogP contribution is 2.35. The Balaban J connectivity index is 1.66. The minimum Gasteiger partial charge on any atom is -0.321 e. The van der Waals surface area contributed by atoms with Gasteiger partial charge >= 0.3 is 0 Å². The lowest BCUT2D eigenvalue weighted by atomic mass is 9.89. The van der Waals surface area contributed by atoms with E-state index in [0.717, 1.165) is 11.3 Å². The van der Waals surface area contributed by atoms with E-state index in [4.69, 9.17) is 0 Å². The van der Waals surface area contributed by atoms with Crippen molar-refractivity contribution in [3.8, 4) is 5.82 Å². The number of hydrogen-bond acceptors (Lipinski definition) is 5. The second-order valence-corrected chi connectivity index (χ2v) is 5.97. The molecule has 3 heterocycles. The van der Waals surface area contributed by atoms with Crippen molar-refractivity contribution in [1.82, 2.24) is 19.7 Å². The maximum atomic E-state index is 12.9. The van der Waals surface area contributed by atoms with Gasteiger partial charge in [-0.2, -0.15) is 5.10 Å². The second kappa shape index (κ2) is 6.40.